The number of hydrogen-bond donors (Lipinski definition) is 0. The predicted octanol–water partition coefficient (Wildman–Crippen LogP) is 10.1. The molecule has 0 aliphatic heterocycles. The SMILES string of the molecule is Cc1ccc(-c2cc3cc4ccc5cc6cc(-c7ccccc7)sc6cc5c4cc3s2)cc1. The molecule has 0 aliphatic carbocycles. The van der Waals surface area contributed by atoms with Gasteiger partial charge in [-0.15, -0.1) is 22.7 Å². The van der Waals surface area contributed by atoms with E-state index in [0.717, 1.165) is 0 Å². The summed E-state index contributed by atoms with van der Waals surface area (Å²) in [5, 5.41) is 7.95. The Hall–Kier alpha value is -3.46. The molecule has 2 heteroatoms. The van der Waals surface area contributed by atoms with Crippen LogP contribution in [0.4, 0.5) is 0 Å². The number of hydrogen-bond acceptors (Lipinski definition) is 2. The van der Waals surface area contributed by atoms with Crippen LogP contribution >= 0.6 is 22.7 Å². The lowest BCUT2D eigenvalue weighted by Gasteiger charge is -2.05. The van der Waals surface area contributed by atoms with E-state index >= 15 is 0 Å². The zero-order valence-corrected chi connectivity index (χ0v) is 19.8. The minimum atomic E-state index is 1.29. The van der Waals surface area contributed by atoms with Crippen molar-refractivity contribution in [3.63, 3.8) is 0 Å². The molecule has 156 valence electrons. The molecule has 0 atom stereocenters. The summed E-state index contributed by atoms with van der Waals surface area (Å²) in [7, 11) is 0. The molecular weight excluding hydrogens is 436 g/mol. The van der Waals surface area contributed by atoms with Gasteiger partial charge in [0, 0.05) is 19.2 Å². The van der Waals surface area contributed by atoms with Crippen molar-refractivity contribution in [1.82, 2.24) is 0 Å². The molecule has 33 heavy (non-hydrogen) atoms. The Labute approximate surface area is 200 Å². The average Bonchev–Trinajstić information content (AvgIpc) is 3.46. The highest BCUT2D eigenvalue weighted by molar-refractivity contribution is 7.22. The highest BCUT2D eigenvalue weighted by Crippen LogP contribution is 2.40. The number of benzene rings is 5. The third-order valence-corrected chi connectivity index (χ3v) is 8.80. The molecule has 5 aromatic carbocycles. The number of aryl methyl sites for hydroxylation is 1. The normalized spacial score (nSPS) is 11.8. The molecular formula is C31H20S2. The lowest BCUT2D eigenvalue weighted by Crippen LogP contribution is -1.78. The first kappa shape index (κ1) is 19.0. The van der Waals surface area contributed by atoms with Gasteiger partial charge in [-0.1, -0.05) is 72.3 Å². The van der Waals surface area contributed by atoms with Crippen molar-refractivity contribution in [3.8, 4) is 20.9 Å². The van der Waals surface area contributed by atoms with Gasteiger partial charge in [0.25, 0.3) is 0 Å². The molecule has 0 bridgehead atoms. The minimum absolute atomic E-state index is 1.29. The standard InChI is InChI=1S/C31H20S2/c1-19-7-9-21(10-8-19)29-16-25-14-23-12-11-22-13-24-15-28(20-5-3-2-4-6-20)32-30(24)17-26(22)27(23)18-31(25)33-29/h2-18H,1H3. The van der Waals surface area contributed by atoms with E-state index in [1.54, 1.807) is 0 Å². The maximum Gasteiger partial charge on any atom is 0.0355 e. The second-order valence-electron chi connectivity index (χ2n) is 8.74. The summed E-state index contributed by atoms with van der Waals surface area (Å²) in [6.45, 7) is 2.14. The summed E-state index contributed by atoms with van der Waals surface area (Å²) in [5.41, 5.74) is 3.88. The molecule has 0 N–H and O–H groups in total. The van der Waals surface area contributed by atoms with Crippen molar-refractivity contribution in [1.29, 1.82) is 0 Å². The van der Waals surface area contributed by atoms with Crippen LogP contribution in [0.25, 0.3) is 62.6 Å². The van der Waals surface area contributed by atoms with Crippen molar-refractivity contribution in [3.05, 3.63) is 109 Å². The summed E-state index contributed by atoms with van der Waals surface area (Å²) >= 11 is 3.77. The molecule has 2 heterocycles. The number of rotatable bonds is 2. The van der Waals surface area contributed by atoms with Crippen LogP contribution in [0.1, 0.15) is 5.56 Å². The minimum Gasteiger partial charge on any atom is -0.135 e. The van der Waals surface area contributed by atoms with Crippen molar-refractivity contribution in [2.24, 2.45) is 0 Å². The van der Waals surface area contributed by atoms with Crippen LogP contribution in [0.3, 0.4) is 0 Å². The molecule has 0 unspecified atom stereocenters. The second-order valence-corrected chi connectivity index (χ2v) is 10.9. The molecule has 0 amide bonds. The Balaban J connectivity index is 1.43. The number of thiophene rings is 2. The fraction of sp³-hybridized carbons (Fsp3) is 0.0323. The van der Waals surface area contributed by atoms with Crippen LogP contribution < -0.4 is 0 Å². The van der Waals surface area contributed by atoms with Crippen LogP contribution in [0.2, 0.25) is 0 Å². The van der Waals surface area contributed by atoms with E-state index in [9.17, 15) is 0 Å². The summed E-state index contributed by atoms with van der Waals surface area (Å²) < 4.78 is 2.70. The largest absolute Gasteiger partial charge is 0.135 e. The summed E-state index contributed by atoms with van der Waals surface area (Å²) in [6, 6.07) is 38.2. The topological polar surface area (TPSA) is 0 Å². The average molecular weight is 457 g/mol. The van der Waals surface area contributed by atoms with Gasteiger partial charge in [0.15, 0.2) is 0 Å². The summed E-state index contributed by atoms with van der Waals surface area (Å²) in [5.74, 6) is 0. The molecule has 7 rings (SSSR count). The van der Waals surface area contributed by atoms with Gasteiger partial charge in [0.1, 0.15) is 0 Å². The molecule has 0 spiro atoms. The van der Waals surface area contributed by atoms with E-state index in [1.165, 1.54) is 68.2 Å². The van der Waals surface area contributed by atoms with E-state index < -0.39 is 0 Å². The van der Waals surface area contributed by atoms with Gasteiger partial charge in [-0.25, -0.2) is 0 Å². The molecule has 0 saturated heterocycles. The lowest BCUT2D eigenvalue weighted by molar-refractivity contribution is 1.48. The van der Waals surface area contributed by atoms with Gasteiger partial charge in [-0.05, 0) is 86.8 Å². The van der Waals surface area contributed by atoms with Gasteiger partial charge in [-0.3, -0.25) is 0 Å². The highest BCUT2D eigenvalue weighted by Gasteiger charge is 2.11. The summed E-state index contributed by atoms with van der Waals surface area (Å²) in [6.07, 6.45) is 0. The van der Waals surface area contributed by atoms with Gasteiger partial charge in [-0.2, -0.15) is 0 Å². The maximum atomic E-state index is 2.40. The van der Waals surface area contributed by atoms with Crippen molar-refractivity contribution >= 4 is 64.4 Å². The Bertz CT molecular complexity index is 1800. The van der Waals surface area contributed by atoms with Crippen LogP contribution in [-0.2, 0) is 0 Å². The zero-order chi connectivity index (χ0) is 21.9. The fourth-order valence-electron chi connectivity index (χ4n) is 4.74. The van der Waals surface area contributed by atoms with Crippen molar-refractivity contribution < 1.29 is 0 Å². The first-order valence-electron chi connectivity index (χ1n) is 11.2. The second kappa shape index (κ2) is 7.28. The monoisotopic (exact) mass is 456 g/mol. The third kappa shape index (κ3) is 3.18. The molecule has 0 radical (unpaired) electrons. The van der Waals surface area contributed by atoms with E-state index in [-0.39, 0.29) is 0 Å². The maximum absolute atomic E-state index is 2.40. The van der Waals surface area contributed by atoms with Crippen molar-refractivity contribution in [2.45, 2.75) is 6.92 Å². The van der Waals surface area contributed by atoms with E-state index in [1.807, 2.05) is 22.7 Å². The first-order chi connectivity index (χ1) is 16.2. The Morgan fingerprint density at radius 2 is 0.970 bits per heavy atom. The van der Waals surface area contributed by atoms with E-state index in [0.29, 0.717) is 0 Å². The molecule has 0 fully saturated rings. The van der Waals surface area contributed by atoms with Gasteiger partial charge < -0.3 is 0 Å². The van der Waals surface area contributed by atoms with Gasteiger partial charge in [0.2, 0.25) is 0 Å². The molecule has 2 aromatic heterocycles. The predicted molar refractivity (Wildman–Crippen MR) is 148 cm³/mol. The van der Waals surface area contributed by atoms with Crippen LogP contribution in [0.5, 0.6) is 0 Å². The molecule has 0 nitrogen and oxygen atoms in total. The van der Waals surface area contributed by atoms with Crippen LogP contribution in [0.15, 0.2) is 103 Å². The van der Waals surface area contributed by atoms with E-state index in [2.05, 4.69) is 110 Å². The molecule has 0 saturated carbocycles. The Morgan fingerprint density at radius 1 is 0.455 bits per heavy atom. The molecule has 7 aromatic rings. The summed E-state index contributed by atoms with van der Waals surface area (Å²) in [4.78, 5) is 2.66. The fourth-order valence-corrected chi connectivity index (χ4v) is 6.91. The van der Waals surface area contributed by atoms with E-state index in [4.69, 9.17) is 0 Å². The van der Waals surface area contributed by atoms with Gasteiger partial charge >= 0.3 is 0 Å². The first-order valence-corrected chi connectivity index (χ1v) is 12.8. The highest BCUT2D eigenvalue weighted by atomic mass is 32.1. The smallest absolute Gasteiger partial charge is 0.0355 e. The quantitative estimate of drug-likeness (QED) is 0.227. The zero-order valence-electron chi connectivity index (χ0n) is 18.1. The number of fused-ring (bicyclic) bond motifs is 5. The third-order valence-electron chi connectivity index (χ3n) is 6.50. The van der Waals surface area contributed by atoms with Crippen LogP contribution in [0, 0.1) is 6.92 Å². The Kier molecular flexibility index (Phi) is 4.20. The lowest BCUT2D eigenvalue weighted by atomic mass is 9.99. The Morgan fingerprint density at radius 3 is 1.52 bits per heavy atom. The van der Waals surface area contributed by atoms with Crippen LogP contribution in [-0.4, -0.2) is 0 Å². The van der Waals surface area contributed by atoms with Crippen molar-refractivity contribution in [2.75, 3.05) is 0 Å². The molecule has 0 aliphatic rings. The van der Waals surface area contributed by atoms with Gasteiger partial charge in [0.05, 0.1) is 0 Å².